The third kappa shape index (κ3) is 5.65. The number of pyridine rings is 1. The molecule has 1 rings (SSSR count). The molecule has 1 heterocycles. The van der Waals surface area contributed by atoms with Gasteiger partial charge in [0.25, 0.3) is 0 Å². The van der Waals surface area contributed by atoms with E-state index in [9.17, 15) is 9.59 Å². The van der Waals surface area contributed by atoms with Gasteiger partial charge in [0, 0.05) is 18.5 Å². The standard InChI is InChI=1S/C12H16N2O3/c1-9-5-4-6-10(13-9)14-11(15)7-2-3-8-12(16)17/h4-6H,2-3,7-8H2,1H3,(H,16,17)(H,13,14,15). The van der Waals surface area contributed by atoms with E-state index < -0.39 is 5.97 Å². The minimum absolute atomic E-state index is 0.107. The third-order valence-corrected chi connectivity index (χ3v) is 2.20. The predicted molar refractivity (Wildman–Crippen MR) is 63.7 cm³/mol. The third-order valence-electron chi connectivity index (χ3n) is 2.20. The molecule has 17 heavy (non-hydrogen) atoms. The van der Waals surface area contributed by atoms with Crippen molar-refractivity contribution in [2.24, 2.45) is 0 Å². The van der Waals surface area contributed by atoms with Crippen molar-refractivity contribution in [1.29, 1.82) is 0 Å². The van der Waals surface area contributed by atoms with Crippen LogP contribution >= 0.6 is 0 Å². The number of aryl methyl sites for hydroxylation is 1. The van der Waals surface area contributed by atoms with Crippen molar-refractivity contribution in [2.75, 3.05) is 5.32 Å². The average molecular weight is 236 g/mol. The van der Waals surface area contributed by atoms with Crippen molar-refractivity contribution in [2.45, 2.75) is 32.6 Å². The summed E-state index contributed by atoms with van der Waals surface area (Å²) in [6.45, 7) is 1.85. The fourth-order valence-electron chi connectivity index (χ4n) is 1.38. The van der Waals surface area contributed by atoms with E-state index in [0.717, 1.165) is 5.69 Å². The molecule has 5 nitrogen and oxygen atoms in total. The maximum Gasteiger partial charge on any atom is 0.303 e. The molecule has 1 aromatic rings. The fourth-order valence-corrected chi connectivity index (χ4v) is 1.38. The maximum absolute atomic E-state index is 11.5. The molecule has 0 aliphatic heterocycles. The highest BCUT2D eigenvalue weighted by Gasteiger charge is 2.04. The lowest BCUT2D eigenvalue weighted by Crippen LogP contribution is -2.12. The molecule has 2 N–H and O–H groups in total. The molecule has 5 heteroatoms. The van der Waals surface area contributed by atoms with Crippen molar-refractivity contribution >= 4 is 17.7 Å². The molecular weight excluding hydrogens is 220 g/mol. The largest absolute Gasteiger partial charge is 0.481 e. The number of amides is 1. The molecule has 0 saturated heterocycles. The lowest BCUT2D eigenvalue weighted by Gasteiger charge is -2.04. The van der Waals surface area contributed by atoms with Gasteiger partial charge in [-0.25, -0.2) is 4.98 Å². The van der Waals surface area contributed by atoms with Gasteiger partial charge in [0.1, 0.15) is 5.82 Å². The van der Waals surface area contributed by atoms with Crippen molar-refractivity contribution in [3.8, 4) is 0 Å². The monoisotopic (exact) mass is 236 g/mol. The van der Waals surface area contributed by atoms with Crippen LogP contribution in [0.25, 0.3) is 0 Å². The van der Waals surface area contributed by atoms with E-state index >= 15 is 0 Å². The van der Waals surface area contributed by atoms with Gasteiger partial charge in [-0.15, -0.1) is 0 Å². The van der Waals surface area contributed by atoms with Crippen molar-refractivity contribution in [3.05, 3.63) is 23.9 Å². The second-order valence-corrected chi connectivity index (χ2v) is 3.81. The highest BCUT2D eigenvalue weighted by atomic mass is 16.4. The Labute approximate surface area is 99.9 Å². The number of rotatable bonds is 6. The molecule has 0 saturated carbocycles. The van der Waals surface area contributed by atoms with Crippen LogP contribution in [0.4, 0.5) is 5.82 Å². The molecule has 0 aliphatic carbocycles. The SMILES string of the molecule is Cc1cccc(NC(=O)CCCCC(=O)O)n1. The maximum atomic E-state index is 11.5. The van der Waals surface area contributed by atoms with Crippen molar-refractivity contribution < 1.29 is 14.7 Å². The van der Waals surface area contributed by atoms with Crippen molar-refractivity contribution in [1.82, 2.24) is 4.98 Å². The number of hydrogen-bond donors (Lipinski definition) is 2. The molecule has 0 fully saturated rings. The zero-order valence-corrected chi connectivity index (χ0v) is 9.77. The van der Waals surface area contributed by atoms with Crippen molar-refractivity contribution in [3.63, 3.8) is 0 Å². The summed E-state index contributed by atoms with van der Waals surface area (Å²) < 4.78 is 0. The van der Waals surface area contributed by atoms with Gasteiger partial charge in [-0.05, 0) is 31.9 Å². The van der Waals surface area contributed by atoms with Crippen LogP contribution < -0.4 is 5.32 Å². The van der Waals surface area contributed by atoms with Crippen LogP contribution in [0.3, 0.4) is 0 Å². The number of nitrogens with one attached hydrogen (secondary N) is 1. The van der Waals surface area contributed by atoms with Crippen LogP contribution in [0, 0.1) is 6.92 Å². The predicted octanol–water partition coefficient (Wildman–Crippen LogP) is 1.97. The Morgan fingerprint density at radius 2 is 2.00 bits per heavy atom. The van der Waals surface area contributed by atoms with Gasteiger partial charge in [-0.3, -0.25) is 9.59 Å². The molecule has 0 bridgehead atoms. The van der Waals surface area contributed by atoms with Crippen LogP contribution in [0.1, 0.15) is 31.4 Å². The summed E-state index contributed by atoms with van der Waals surface area (Å²) in [5, 5.41) is 11.1. The molecule has 1 aromatic heterocycles. The number of carboxylic acids is 1. The summed E-state index contributed by atoms with van der Waals surface area (Å²) in [5.74, 6) is -0.424. The number of unbranched alkanes of at least 4 members (excludes halogenated alkanes) is 1. The number of carbonyl (C=O) groups is 2. The van der Waals surface area contributed by atoms with Gasteiger partial charge in [0.15, 0.2) is 0 Å². The van der Waals surface area contributed by atoms with E-state index in [4.69, 9.17) is 5.11 Å². The minimum atomic E-state index is -0.828. The topological polar surface area (TPSA) is 79.3 Å². The summed E-state index contributed by atoms with van der Waals surface area (Å²) in [6.07, 6.45) is 1.52. The fraction of sp³-hybridized carbons (Fsp3) is 0.417. The number of aromatic nitrogens is 1. The molecule has 0 aromatic carbocycles. The first kappa shape index (κ1) is 13.2. The van der Waals surface area contributed by atoms with E-state index in [1.165, 1.54) is 0 Å². The van der Waals surface area contributed by atoms with Crippen LogP contribution in [0.5, 0.6) is 0 Å². The highest BCUT2D eigenvalue weighted by Crippen LogP contribution is 2.06. The zero-order chi connectivity index (χ0) is 12.7. The quantitative estimate of drug-likeness (QED) is 0.740. The summed E-state index contributed by atoms with van der Waals surface area (Å²) in [6, 6.07) is 5.40. The lowest BCUT2D eigenvalue weighted by molar-refractivity contribution is -0.137. The first-order valence-corrected chi connectivity index (χ1v) is 5.53. The Balaban J connectivity index is 2.27. The number of aliphatic carboxylic acids is 1. The Kier molecular flexibility index (Phi) is 5.13. The molecule has 92 valence electrons. The Bertz CT molecular complexity index is 404. The summed E-state index contributed by atoms with van der Waals surface area (Å²) >= 11 is 0. The van der Waals surface area contributed by atoms with Gasteiger partial charge in [0.2, 0.25) is 5.91 Å². The first-order valence-electron chi connectivity index (χ1n) is 5.53. The minimum Gasteiger partial charge on any atom is -0.481 e. The van der Waals surface area contributed by atoms with Gasteiger partial charge in [-0.2, -0.15) is 0 Å². The highest BCUT2D eigenvalue weighted by molar-refractivity contribution is 5.89. The van der Waals surface area contributed by atoms with Crippen LogP contribution in [-0.4, -0.2) is 22.0 Å². The molecular formula is C12H16N2O3. The Morgan fingerprint density at radius 1 is 1.29 bits per heavy atom. The molecule has 0 unspecified atom stereocenters. The molecule has 0 radical (unpaired) electrons. The Hall–Kier alpha value is -1.91. The number of nitrogens with zero attached hydrogens (tertiary/aromatic N) is 1. The summed E-state index contributed by atoms with van der Waals surface area (Å²) in [7, 11) is 0. The van der Waals surface area contributed by atoms with E-state index in [1.807, 2.05) is 19.1 Å². The first-order chi connectivity index (χ1) is 8.08. The zero-order valence-electron chi connectivity index (χ0n) is 9.77. The smallest absolute Gasteiger partial charge is 0.303 e. The molecule has 0 aliphatic rings. The summed E-state index contributed by atoms with van der Waals surface area (Å²) in [4.78, 5) is 25.9. The molecule has 0 spiro atoms. The summed E-state index contributed by atoms with van der Waals surface area (Å²) in [5.41, 5.74) is 0.841. The number of anilines is 1. The van der Waals surface area contributed by atoms with Gasteiger partial charge in [0.05, 0.1) is 0 Å². The van der Waals surface area contributed by atoms with Gasteiger partial charge in [-0.1, -0.05) is 6.07 Å². The Morgan fingerprint density at radius 3 is 2.65 bits per heavy atom. The lowest BCUT2D eigenvalue weighted by atomic mass is 10.2. The van der Waals surface area contributed by atoms with E-state index in [0.29, 0.717) is 25.1 Å². The normalized spacial score (nSPS) is 9.94. The molecule has 0 atom stereocenters. The number of hydrogen-bond acceptors (Lipinski definition) is 3. The van der Waals surface area contributed by atoms with E-state index in [-0.39, 0.29) is 12.3 Å². The van der Waals surface area contributed by atoms with Crippen LogP contribution in [0.2, 0.25) is 0 Å². The van der Waals surface area contributed by atoms with Crippen LogP contribution in [0.15, 0.2) is 18.2 Å². The van der Waals surface area contributed by atoms with E-state index in [2.05, 4.69) is 10.3 Å². The average Bonchev–Trinajstić information content (AvgIpc) is 2.24. The van der Waals surface area contributed by atoms with Gasteiger partial charge < -0.3 is 10.4 Å². The second-order valence-electron chi connectivity index (χ2n) is 3.81. The van der Waals surface area contributed by atoms with Crippen LogP contribution in [-0.2, 0) is 9.59 Å². The number of carbonyl (C=O) groups excluding carboxylic acids is 1. The second kappa shape index (κ2) is 6.62. The number of carboxylic acid groups (broad SMARTS) is 1. The van der Waals surface area contributed by atoms with Gasteiger partial charge >= 0.3 is 5.97 Å². The van der Waals surface area contributed by atoms with E-state index in [1.54, 1.807) is 6.07 Å². The molecule has 1 amide bonds.